The summed E-state index contributed by atoms with van der Waals surface area (Å²) in [6.45, 7) is 1.92. The lowest BCUT2D eigenvalue weighted by molar-refractivity contribution is -0.116. The van der Waals surface area contributed by atoms with Crippen LogP contribution in [0.1, 0.15) is 22.7 Å². The molecule has 0 aliphatic carbocycles. The summed E-state index contributed by atoms with van der Waals surface area (Å²) in [5, 5.41) is 10.3. The van der Waals surface area contributed by atoms with Gasteiger partial charge >= 0.3 is 0 Å². The van der Waals surface area contributed by atoms with Crippen LogP contribution in [0.25, 0.3) is 16.6 Å². The summed E-state index contributed by atoms with van der Waals surface area (Å²) in [4.78, 5) is 18.3. The first kappa shape index (κ1) is 19.5. The Hall–Kier alpha value is -4.17. The summed E-state index contributed by atoms with van der Waals surface area (Å²) in [7, 11) is 0. The number of benzene rings is 2. The minimum Gasteiger partial charge on any atom is -0.463 e. The summed E-state index contributed by atoms with van der Waals surface area (Å²) >= 11 is 1.45. The number of thiazole rings is 1. The fraction of sp³-hybridized carbons (Fsp3) is 0.0800. The molecular weight excluding hydrogens is 436 g/mol. The molecule has 1 N–H and O–H groups in total. The van der Waals surface area contributed by atoms with Gasteiger partial charge in [-0.1, -0.05) is 36.4 Å². The molecule has 7 nitrogen and oxygen atoms in total. The van der Waals surface area contributed by atoms with Gasteiger partial charge in [-0.25, -0.2) is 4.98 Å². The third-order valence-corrected chi connectivity index (χ3v) is 6.40. The molecule has 0 bridgehead atoms. The molecule has 0 spiro atoms. The van der Waals surface area contributed by atoms with Crippen LogP contribution >= 0.6 is 11.3 Å². The summed E-state index contributed by atoms with van der Waals surface area (Å²) < 4.78 is 13.2. The van der Waals surface area contributed by atoms with E-state index in [4.69, 9.17) is 9.15 Å². The van der Waals surface area contributed by atoms with E-state index in [1.807, 2.05) is 66.9 Å². The first-order chi connectivity index (χ1) is 16.2. The SMILES string of the molecule is Cc1csc(-n2nc(-c3ccco3)cc2NC(=O)C2c3ccccc3Oc3ccccc32)n1. The number of fused-ring (bicyclic) bond motifs is 2. The normalized spacial score (nSPS) is 12.6. The van der Waals surface area contributed by atoms with Gasteiger partial charge in [0.1, 0.15) is 23.0 Å². The number of nitrogens with zero attached hydrogens (tertiary/aromatic N) is 3. The molecule has 0 saturated heterocycles. The zero-order chi connectivity index (χ0) is 22.4. The number of hydrogen-bond donors (Lipinski definition) is 1. The topological polar surface area (TPSA) is 82.2 Å². The Bertz CT molecular complexity index is 1420. The fourth-order valence-corrected chi connectivity index (χ4v) is 4.75. The maximum Gasteiger partial charge on any atom is 0.237 e. The summed E-state index contributed by atoms with van der Waals surface area (Å²) in [5.41, 5.74) is 3.12. The van der Waals surface area contributed by atoms with E-state index in [-0.39, 0.29) is 5.91 Å². The van der Waals surface area contributed by atoms with Crippen molar-refractivity contribution >= 4 is 23.1 Å². The van der Waals surface area contributed by atoms with Crippen molar-refractivity contribution in [1.29, 1.82) is 0 Å². The molecule has 33 heavy (non-hydrogen) atoms. The molecule has 1 aliphatic rings. The van der Waals surface area contributed by atoms with Crippen LogP contribution < -0.4 is 10.1 Å². The van der Waals surface area contributed by atoms with Crippen molar-refractivity contribution in [3.63, 3.8) is 0 Å². The Morgan fingerprint density at radius 3 is 2.39 bits per heavy atom. The first-order valence-corrected chi connectivity index (χ1v) is 11.3. The molecule has 0 fully saturated rings. The highest BCUT2D eigenvalue weighted by atomic mass is 32.1. The summed E-state index contributed by atoms with van der Waals surface area (Å²) in [5.74, 6) is 1.77. The highest BCUT2D eigenvalue weighted by Gasteiger charge is 2.33. The molecule has 1 aliphatic heterocycles. The number of ether oxygens (including phenoxy) is 1. The van der Waals surface area contributed by atoms with Crippen molar-refractivity contribution in [3.8, 4) is 28.1 Å². The Kier molecular flexibility index (Phi) is 4.58. The van der Waals surface area contributed by atoms with E-state index in [0.29, 0.717) is 33.9 Å². The Morgan fingerprint density at radius 2 is 1.76 bits per heavy atom. The Balaban J connectivity index is 1.42. The van der Waals surface area contributed by atoms with E-state index < -0.39 is 5.92 Å². The third-order valence-electron chi connectivity index (χ3n) is 5.46. The van der Waals surface area contributed by atoms with Gasteiger partial charge in [-0.3, -0.25) is 4.79 Å². The van der Waals surface area contributed by atoms with Gasteiger partial charge < -0.3 is 14.5 Å². The van der Waals surface area contributed by atoms with Crippen LogP contribution in [0.3, 0.4) is 0 Å². The lowest BCUT2D eigenvalue weighted by Crippen LogP contribution is -2.26. The van der Waals surface area contributed by atoms with Crippen LogP contribution in [0.5, 0.6) is 11.5 Å². The number of anilines is 1. The Labute approximate surface area is 193 Å². The van der Waals surface area contributed by atoms with Gasteiger partial charge in [0.2, 0.25) is 11.0 Å². The molecule has 5 aromatic rings. The minimum atomic E-state index is -0.528. The lowest BCUT2D eigenvalue weighted by atomic mass is 9.87. The maximum absolute atomic E-state index is 13.7. The Morgan fingerprint density at radius 1 is 1.03 bits per heavy atom. The molecule has 8 heteroatoms. The molecule has 6 rings (SSSR count). The molecule has 0 saturated carbocycles. The van der Waals surface area contributed by atoms with E-state index in [2.05, 4.69) is 15.4 Å². The van der Waals surface area contributed by atoms with Gasteiger partial charge in [0.25, 0.3) is 0 Å². The van der Waals surface area contributed by atoms with Crippen molar-refractivity contribution in [2.24, 2.45) is 0 Å². The van der Waals surface area contributed by atoms with Gasteiger partial charge in [0, 0.05) is 22.6 Å². The number of carbonyl (C=O) groups excluding carboxylic acids is 1. The van der Waals surface area contributed by atoms with Gasteiger partial charge in [0.05, 0.1) is 17.9 Å². The molecule has 0 unspecified atom stereocenters. The molecule has 0 atom stereocenters. The number of aryl methyl sites for hydroxylation is 1. The average Bonchev–Trinajstić information content (AvgIpc) is 3.58. The van der Waals surface area contributed by atoms with Crippen molar-refractivity contribution in [2.75, 3.05) is 5.32 Å². The van der Waals surface area contributed by atoms with Crippen LogP contribution in [0.15, 0.2) is 82.8 Å². The third kappa shape index (κ3) is 3.41. The average molecular weight is 455 g/mol. The summed E-state index contributed by atoms with van der Waals surface area (Å²) in [6.07, 6.45) is 1.59. The molecule has 1 amide bonds. The van der Waals surface area contributed by atoms with E-state index in [1.54, 1.807) is 23.1 Å². The molecule has 4 heterocycles. The second-order valence-corrected chi connectivity index (χ2v) is 8.51. The standard InChI is InChI=1S/C25H18N4O3S/c1-15-14-33-25(26-15)29-22(13-18(28-29)21-11-6-12-31-21)27-24(30)23-16-7-2-4-9-19(16)32-20-10-5-3-8-17(20)23/h2-14,23H,1H3,(H,27,30). The van der Waals surface area contributed by atoms with Crippen molar-refractivity contribution in [2.45, 2.75) is 12.8 Å². The number of nitrogens with one attached hydrogen (secondary N) is 1. The van der Waals surface area contributed by atoms with Crippen molar-refractivity contribution < 1.29 is 13.9 Å². The van der Waals surface area contributed by atoms with Gasteiger partial charge in [-0.05, 0) is 31.2 Å². The summed E-state index contributed by atoms with van der Waals surface area (Å²) in [6, 6.07) is 20.6. The number of para-hydroxylation sites is 2. The number of rotatable bonds is 4. The van der Waals surface area contributed by atoms with E-state index in [9.17, 15) is 4.79 Å². The predicted molar refractivity (Wildman–Crippen MR) is 125 cm³/mol. The van der Waals surface area contributed by atoms with Crippen molar-refractivity contribution in [1.82, 2.24) is 14.8 Å². The zero-order valence-electron chi connectivity index (χ0n) is 17.6. The molecule has 2 aromatic carbocycles. The number of furan rings is 1. The number of hydrogen-bond acceptors (Lipinski definition) is 6. The second-order valence-electron chi connectivity index (χ2n) is 7.68. The quantitative estimate of drug-likeness (QED) is 0.373. The van der Waals surface area contributed by atoms with Gasteiger partial charge in [0.15, 0.2) is 5.76 Å². The highest BCUT2D eigenvalue weighted by molar-refractivity contribution is 7.12. The van der Waals surface area contributed by atoms with Crippen LogP contribution in [0.2, 0.25) is 0 Å². The minimum absolute atomic E-state index is 0.182. The van der Waals surface area contributed by atoms with Crippen LogP contribution in [0, 0.1) is 6.92 Å². The molecule has 3 aromatic heterocycles. The molecular formula is C25H18N4O3S. The largest absolute Gasteiger partial charge is 0.463 e. The van der Waals surface area contributed by atoms with E-state index >= 15 is 0 Å². The number of aromatic nitrogens is 3. The second kappa shape index (κ2) is 7.75. The predicted octanol–water partition coefficient (Wildman–Crippen LogP) is 5.77. The van der Waals surface area contributed by atoms with Crippen molar-refractivity contribution in [3.05, 3.63) is 95.2 Å². The molecule has 162 valence electrons. The monoisotopic (exact) mass is 454 g/mol. The van der Waals surface area contributed by atoms with Crippen LogP contribution in [0.4, 0.5) is 5.82 Å². The smallest absolute Gasteiger partial charge is 0.237 e. The van der Waals surface area contributed by atoms with Gasteiger partial charge in [-0.15, -0.1) is 11.3 Å². The van der Waals surface area contributed by atoms with E-state index in [0.717, 1.165) is 16.8 Å². The van der Waals surface area contributed by atoms with Crippen LogP contribution in [-0.4, -0.2) is 20.7 Å². The maximum atomic E-state index is 13.7. The number of amides is 1. The fourth-order valence-electron chi connectivity index (χ4n) is 3.99. The zero-order valence-corrected chi connectivity index (χ0v) is 18.4. The highest BCUT2D eigenvalue weighted by Crippen LogP contribution is 2.44. The van der Waals surface area contributed by atoms with E-state index in [1.165, 1.54) is 11.3 Å². The van der Waals surface area contributed by atoms with Crippen LogP contribution in [-0.2, 0) is 4.79 Å². The lowest BCUT2D eigenvalue weighted by Gasteiger charge is -2.27. The molecule has 0 radical (unpaired) electrons. The van der Waals surface area contributed by atoms with Gasteiger partial charge in [-0.2, -0.15) is 9.78 Å². The first-order valence-electron chi connectivity index (χ1n) is 10.4. The number of carbonyl (C=O) groups is 1.